The molecular formula is C27H26N2O6S. The largest absolute Gasteiger partial charge is 0.508 e. The van der Waals surface area contributed by atoms with Crippen LogP contribution in [0.1, 0.15) is 58.6 Å². The number of carbonyl (C=O) groups is 2. The van der Waals surface area contributed by atoms with Crippen molar-refractivity contribution < 1.29 is 29.6 Å². The molecule has 0 amide bonds. The van der Waals surface area contributed by atoms with Gasteiger partial charge in [-0.1, -0.05) is 24.6 Å². The van der Waals surface area contributed by atoms with E-state index in [1.54, 1.807) is 24.3 Å². The highest BCUT2D eigenvalue weighted by Crippen LogP contribution is 2.49. The number of fused-ring (bicyclic) bond motifs is 2. The minimum absolute atomic E-state index is 0.0128. The van der Waals surface area contributed by atoms with E-state index in [9.17, 15) is 24.9 Å². The predicted molar refractivity (Wildman–Crippen MR) is 139 cm³/mol. The topological polar surface area (TPSA) is 128 Å². The van der Waals surface area contributed by atoms with E-state index in [4.69, 9.17) is 17.0 Å². The van der Waals surface area contributed by atoms with Crippen LogP contribution in [0, 0.1) is 0 Å². The number of aldehydes is 1. The first kappa shape index (κ1) is 25.0. The van der Waals surface area contributed by atoms with Crippen molar-refractivity contribution in [2.75, 3.05) is 11.9 Å². The van der Waals surface area contributed by atoms with Crippen molar-refractivity contribution in [2.45, 2.75) is 31.6 Å². The van der Waals surface area contributed by atoms with E-state index in [-0.39, 0.29) is 17.1 Å². The molecular weight excluding hydrogens is 480 g/mol. The Morgan fingerprint density at radius 3 is 2.17 bits per heavy atom. The van der Waals surface area contributed by atoms with Crippen LogP contribution < -0.4 is 15.4 Å². The van der Waals surface area contributed by atoms with Gasteiger partial charge < -0.3 is 35.5 Å². The molecule has 0 saturated heterocycles. The van der Waals surface area contributed by atoms with E-state index in [0.717, 1.165) is 25.5 Å². The van der Waals surface area contributed by atoms with Gasteiger partial charge in [-0.25, -0.2) is 4.79 Å². The molecule has 8 nitrogen and oxygen atoms in total. The number of benzene rings is 3. The molecule has 3 aromatic carbocycles. The third kappa shape index (κ3) is 5.58. The van der Waals surface area contributed by atoms with E-state index >= 15 is 0 Å². The SMILES string of the molecule is O=CCCCCCNC(=S)Nc1ccc(C2c3ccc(O)cc3Oc3cc(O)ccc32)c(C(=O)O)c1. The lowest BCUT2D eigenvalue weighted by Gasteiger charge is -2.30. The van der Waals surface area contributed by atoms with Crippen LogP contribution in [0.3, 0.4) is 0 Å². The number of aromatic hydroxyl groups is 2. The number of phenolic OH excluding ortho intramolecular Hbond substituents is 2. The summed E-state index contributed by atoms with van der Waals surface area (Å²) >= 11 is 5.34. The van der Waals surface area contributed by atoms with Crippen molar-refractivity contribution in [3.05, 3.63) is 76.9 Å². The molecule has 0 aliphatic carbocycles. The minimum Gasteiger partial charge on any atom is -0.508 e. The summed E-state index contributed by atoms with van der Waals surface area (Å²) in [6, 6.07) is 14.4. The first-order valence-electron chi connectivity index (χ1n) is 11.6. The molecule has 0 radical (unpaired) electrons. The van der Waals surface area contributed by atoms with Gasteiger partial charge in [-0.05, 0) is 54.9 Å². The molecule has 0 fully saturated rings. The average molecular weight is 507 g/mol. The number of rotatable bonds is 9. The zero-order valence-corrected chi connectivity index (χ0v) is 20.2. The normalized spacial score (nSPS) is 12.1. The third-order valence-electron chi connectivity index (χ3n) is 5.97. The highest BCUT2D eigenvalue weighted by molar-refractivity contribution is 7.80. The van der Waals surface area contributed by atoms with Crippen molar-refractivity contribution in [1.82, 2.24) is 5.32 Å². The molecule has 0 atom stereocenters. The van der Waals surface area contributed by atoms with Gasteiger partial charge >= 0.3 is 5.97 Å². The zero-order valence-electron chi connectivity index (χ0n) is 19.4. The molecule has 5 N–H and O–H groups in total. The number of phenols is 2. The number of carboxylic acids is 1. The van der Waals surface area contributed by atoms with Crippen molar-refractivity contribution in [1.29, 1.82) is 0 Å². The minimum atomic E-state index is -1.10. The number of hydrogen-bond acceptors (Lipinski definition) is 6. The summed E-state index contributed by atoms with van der Waals surface area (Å²) in [7, 11) is 0. The standard InChI is InChI=1S/C27H26N2O6S/c30-12-4-2-1-3-11-28-27(36)29-16-5-8-19(22(13-16)26(33)34)25-20-9-6-17(31)14-23(20)35-24-15-18(32)7-10-21(24)25/h5-10,12-15,25,31-32H,1-4,11H2,(H,33,34)(H2,28,29,36). The third-order valence-corrected chi connectivity index (χ3v) is 6.22. The summed E-state index contributed by atoms with van der Waals surface area (Å²) in [5, 5.41) is 36.5. The van der Waals surface area contributed by atoms with Crippen LogP contribution in [0.4, 0.5) is 5.69 Å². The molecule has 0 spiro atoms. The second-order valence-electron chi connectivity index (χ2n) is 8.48. The number of hydrogen-bond donors (Lipinski definition) is 5. The summed E-state index contributed by atoms with van der Waals surface area (Å²) in [5.41, 5.74) is 2.53. The van der Waals surface area contributed by atoms with Crippen LogP contribution in [-0.4, -0.2) is 39.2 Å². The number of carbonyl (C=O) groups excluding carboxylic acids is 1. The van der Waals surface area contributed by atoms with Gasteiger partial charge in [-0.2, -0.15) is 0 Å². The Hall–Kier alpha value is -4.11. The van der Waals surface area contributed by atoms with Crippen molar-refractivity contribution in [2.24, 2.45) is 0 Å². The predicted octanol–water partition coefficient (Wildman–Crippen LogP) is 5.13. The number of nitrogens with one attached hydrogen (secondary N) is 2. The van der Waals surface area contributed by atoms with Crippen LogP contribution >= 0.6 is 12.2 Å². The molecule has 0 saturated carbocycles. The van der Waals surface area contributed by atoms with Gasteiger partial charge in [-0.3, -0.25) is 0 Å². The monoisotopic (exact) mass is 506 g/mol. The molecule has 0 aromatic heterocycles. The lowest BCUT2D eigenvalue weighted by molar-refractivity contribution is -0.107. The maximum Gasteiger partial charge on any atom is 0.336 e. The molecule has 4 rings (SSSR count). The highest BCUT2D eigenvalue weighted by Gasteiger charge is 2.32. The van der Waals surface area contributed by atoms with Crippen LogP contribution in [-0.2, 0) is 4.79 Å². The van der Waals surface area contributed by atoms with Crippen molar-refractivity contribution in [3.8, 4) is 23.0 Å². The van der Waals surface area contributed by atoms with Crippen LogP contribution in [0.25, 0.3) is 0 Å². The first-order valence-corrected chi connectivity index (χ1v) is 12.0. The van der Waals surface area contributed by atoms with Crippen LogP contribution in [0.2, 0.25) is 0 Å². The Morgan fingerprint density at radius 2 is 1.56 bits per heavy atom. The van der Waals surface area contributed by atoms with Crippen molar-refractivity contribution in [3.63, 3.8) is 0 Å². The molecule has 1 aliphatic rings. The summed E-state index contributed by atoms with van der Waals surface area (Å²) in [5.74, 6) is -0.806. The molecule has 1 heterocycles. The maximum atomic E-state index is 12.3. The molecule has 0 bridgehead atoms. The summed E-state index contributed by atoms with van der Waals surface area (Å²) in [4.78, 5) is 22.7. The smallest absolute Gasteiger partial charge is 0.336 e. The maximum absolute atomic E-state index is 12.3. The molecule has 0 unspecified atom stereocenters. The van der Waals surface area contributed by atoms with E-state index in [1.165, 1.54) is 30.3 Å². The average Bonchev–Trinajstić information content (AvgIpc) is 2.84. The van der Waals surface area contributed by atoms with Crippen molar-refractivity contribution >= 4 is 35.3 Å². The van der Waals surface area contributed by atoms with Crippen LogP contribution in [0.5, 0.6) is 23.0 Å². The molecule has 186 valence electrons. The van der Waals surface area contributed by atoms with Gasteiger partial charge in [0.25, 0.3) is 0 Å². The molecule has 1 aliphatic heterocycles. The van der Waals surface area contributed by atoms with E-state index in [1.807, 2.05) is 0 Å². The Labute approximate surface area is 213 Å². The summed E-state index contributed by atoms with van der Waals surface area (Å²) < 4.78 is 5.91. The first-order chi connectivity index (χ1) is 17.4. The number of thiocarbonyl (C=S) groups is 1. The number of unbranched alkanes of at least 4 members (excludes halogenated alkanes) is 3. The van der Waals surface area contributed by atoms with E-state index < -0.39 is 11.9 Å². The molecule has 3 aromatic rings. The second-order valence-corrected chi connectivity index (χ2v) is 8.89. The Bertz CT molecular complexity index is 1260. The highest BCUT2D eigenvalue weighted by atomic mass is 32.1. The fraction of sp³-hybridized carbons (Fsp3) is 0.222. The van der Waals surface area contributed by atoms with E-state index in [2.05, 4.69) is 10.6 Å². The summed E-state index contributed by atoms with van der Waals surface area (Å²) in [6.45, 7) is 0.643. The lowest BCUT2D eigenvalue weighted by Crippen LogP contribution is -2.29. The lowest BCUT2D eigenvalue weighted by atomic mass is 9.80. The Kier molecular flexibility index (Phi) is 7.70. The number of aromatic carboxylic acids is 1. The quantitative estimate of drug-likeness (QED) is 0.119. The van der Waals surface area contributed by atoms with Crippen LogP contribution in [0.15, 0.2) is 54.6 Å². The fourth-order valence-corrected chi connectivity index (χ4v) is 4.52. The number of ether oxygens (including phenoxy) is 1. The van der Waals surface area contributed by atoms with Gasteiger partial charge in [-0.15, -0.1) is 0 Å². The van der Waals surface area contributed by atoms with Gasteiger partial charge in [0.05, 0.1) is 5.56 Å². The Balaban J connectivity index is 1.61. The van der Waals surface area contributed by atoms with Gasteiger partial charge in [0.15, 0.2) is 5.11 Å². The van der Waals surface area contributed by atoms with Gasteiger partial charge in [0.1, 0.15) is 29.3 Å². The zero-order chi connectivity index (χ0) is 25.7. The summed E-state index contributed by atoms with van der Waals surface area (Å²) in [6.07, 6.45) is 4.08. The second kappa shape index (κ2) is 11.1. The van der Waals surface area contributed by atoms with Gasteiger partial charge in [0, 0.05) is 47.8 Å². The van der Waals surface area contributed by atoms with Gasteiger partial charge in [0.2, 0.25) is 0 Å². The number of carboxylic acid groups (broad SMARTS) is 1. The molecule has 9 heteroatoms. The Morgan fingerprint density at radius 1 is 0.917 bits per heavy atom. The molecule has 36 heavy (non-hydrogen) atoms. The van der Waals surface area contributed by atoms with E-state index in [0.29, 0.717) is 52.0 Å². The fourth-order valence-electron chi connectivity index (χ4n) is 4.30. The number of anilines is 1.